The van der Waals surface area contributed by atoms with Crippen molar-refractivity contribution in [3.8, 4) is 0 Å². The molecule has 142 valence electrons. The molecule has 5 heteroatoms. The van der Waals surface area contributed by atoms with Gasteiger partial charge in [-0.2, -0.15) is 0 Å². The summed E-state index contributed by atoms with van der Waals surface area (Å²) in [4.78, 5) is 15.8. The molecule has 1 saturated heterocycles. The minimum absolute atomic E-state index is 0.114. The van der Waals surface area contributed by atoms with Crippen LogP contribution in [0.4, 0.5) is 11.4 Å². The summed E-state index contributed by atoms with van der Waals surface area (Å²) in [5.74, 6) is 0.114. The topological polar surface area (TPSA) is 41.6 Å². The van der Waals surface area contributed by atoms with Gasteiger partial charge in [0.25, 0.3) is 0 Å². The van der Waals surface area contributed by atoms with Gasteiger partial charge in [-0.3, -0.25) is 4.79 Å². The number of benzene rings is 2. The van der Waals surface area contributed by atoms with Crippen molar-refractivity contribution in [2.24, 2.45) is 0 Å². The van der Waals surface area contributed by atoms with Crippen molar-refractivity contribution in [3.63, 3.8) is 0 Å². The molecule has 2 fully saturated rings. The van der Waals surface area contributed by atoms with E-state index in [1.807, 2.05) is 30.3 Å². The molecule has 4 nitrogen and oxygen atoms in total. The average Bonchev–Trinajstić information content (AvgIpc) is 3.21. The van der Waals surface area contributed by atoms with Crippen LogP contribution >= 0.6 is 15.9 Å². The second-order valence-electron chi connectivity index (χ2n) is 7.37. The van der Waals surface area contributed by atoms with Gasteiger partial charge in [-0.1, -0.05) is 53.0 Å². The summed E-state index contributed by atoms with van der Waals surface area (Å²) in [5.41, 5.74) is 2.66. The Morgan fingerprint density at radius 1 is 1.00 bits per heavy atom. The first-order valence-electron chi connectivity index (χ1n) is 9.68. The van der Waals surface area contributed by atoms with E-state index in [-0.39, 0.29) is 5.91 Å². The minimum atomic E-state index is -0.432. The molecule has 0 radical (unpaired) electrons. The van der Waals surface area contributed by atoms with Gasteiger partial charge in [0.1, 0.15) is 0 Å². The van der Waals surface area contributed by atoms with Gasteiger partial charge in [-0.15, -0.1) is 0 Å². The number of nitrogens with zero attached hydrogens (tertiary/aromatic N) is 1. The number of rotatable bonds is 4. The molecule has 1 aliphatic heterocycles. The zero-order chi connectivity index (χ0) is 18.7. The first kappa shape index (κ1) is 18.5. The van der Waals surface area contributed by atoms with E-state index in [0.29, 0.717) is 0 Å². The van der Waals surface area contributed by atoms with E-state index in [9.17, 15) is 4.79 Å². The van der Waals surface area contributed by atoms with E-state index in [0.717, 1.165) is 73.4 Å². The first-order valence-corrected chi connectivity index (χ1v) is 10.5. The van der Waals surface area contributed by atoms with Crippen molar-refractivity contribution in [1.29, 1.82) is 0 Å². The standard InChI is InChI=1S/C22H25BrN2O2/c23-18-9-7-17(8-10-18)22(11-3-4-12-22)21(26)24-19-5-1-2-6-20(19)25-13-15-27-16-14-25/h1-2,5-10H,3-4,11-16H2,(H,24,26). The summed E-state index contributed by atoms with van der Waals surface area (Å²) in [6, 6.07) is 16.3. The zero-order valence-corrected chi connectivity index (χ0v) is 17.0. The van der Waals surface area contributed by atoms with Gasteiger partial charge in [0.15, 0.2) is 0 Å². The number of halogens is 1. The molecule has 27 heavy (non-hydrogen) atoms. The Bertz CT molecular complexity index is 794. The van der Waals surface area contributed by atoms with Gasteiger partial charge in [-0.25, -0.2) is 0 Å². The van der Waals surface area contributed by atoms with Gasteiger partial charge in [0.05, 0.1) is 30.0 Å². The Hall–Kier alpha value is -1.85. The molecule has 0 spiro atoms. The van der Waals surface area contributed by atoms with Gasteiger partial charge in [0, 0.05) is 17.6 Å². The minimum Gasteiger partial charge on any atom is -0.378 e. The summed E-state index contributed by atoms with van der Waals surface area (Å²) in [6.07, 6.45) is 3.99. The lowest BCUT2D eigenvalue weighted by Gasteiger charge is -2.32. The molecular weight excluding hydrogens is 404 g/mol. The molecule has 4 rings (SSSR count). The van der Waals surface area contributed by atoms with Gasteiger partial charge in [-0.05, 0) is 42.7 Å². The van der Waals surface area contributed by atoms with Crippen molar-refractivity contribution in [2.45, 2.75) is 31.1 Å². The van der Waals surface area contributed by atoms with E-state index in [1.165, 1.54) is 0 Å². The third kappa shape index (κ3) is 3.76. The number of amides is 1. The van der Waals surface area contributed by atoms with Crippen LogP contribution in [-0.4, -0.2) is 32.2 Å². The van der Waals surface area contributed by atoms with Gasteiger partial charge >= 0.3 is 0 Å². The monoisotopic (exact) mass is 428 g/mol. The lowest BCUT2D eigenvalue weighted by Crippen LogP contribution is -2.39. The number of nitrogens with one attached hydrogen (secondary N) is 1. The highest BCUT2D eigenvalue weighted by Crippen LogP contribution is 2.43. The Morgan fingerprint density at radius 2 is 1.67 bits per heavy atom. The van der Waals surface area contributed by atoms with E-state index in [1.54, 1.807) is 0 Å². The van der Waals surface area contributed by atoms with E-state index in [2.05, 4.69) is 44.3 Å². The average molecular weight is 429 g/mol. The van der Waals surface area contributed by atoms with Gasteiger partial charge < -0.3 is 15.0 Å². The largest absolute Gasteiger partial charge is 0.378 e. The fourth-order valence-corrected chi connectivity index (χ4v) is 4.56. The lowest BCUT2D eigenvalue weighted by molar-refractivity contribution is -0.121. The highest BCUT2D eigenvalue weighted by atomic mass is 79.9. The SMILES string of the molecule is O=C(Nc1ccccc1N1CCOCC1)C1(c2ccc(Br)cc2)CCCC1. The Morgan fingerprint density at radius 3 is 2.37 bits per heavy atom. The smallest absolute Gasteiger partial charge is 0.235 e. The number of ether oxygens (including phenoxy) is 1. The lowest BCUT2D eigenvalue weighted by atomic mass is 9.78. The molecule has 2 aromatic rings. The van der Waals surface area contributed by atoms with Gasteiger partial charge in [0.2, 0.25) is 5.91 Å². The second kappa shape index (κ2) is 8.03. The molecule has 0 bridgehead atoms. The van der Waals surface area contributed by atoms with E-state index in [4.69, 9.17) is 4.74 Å². The van der Waals surface area contributed by atoms with Crippen molar-refractivity contribution in [1.82, 2.24) is 0 Å². The molecule has 2 aromatic carbocycles. The number of hydrogen-bond donors (Lipinski definition) is 1. The maximum Gasteiger partial charge on any atom is 0.235 e. The van der Waals surface area contributed by atoms with Crippen LogP contribution in [0.5, 0.6) is 0 Å². The molecule has 0 unspecified atom stereocenters. The Labute approximate surface area is 169 Å². The summed E-state index contributed by atoms with van der Waals surface area (Å²) >= 11 is 3.50. The predicted molar refractivity (Wildman–Crippen MR) is 112 cm³/mol. The summed E-state index contributed by atoms with van der Waals surface area (Å²) in [5, 5.41) is 3.27. The molecule has 1 amide bonds. The number of para-hydroxylation sites is 2. The van der Waals surface area contributed by atoms with Crippen LogP contribution in [0, 0.1) is 0 Å². The van der Waals surface area contributed by atoms with Crippen LogP contribution in [0.25, 0.3) is 0 Å². The normalized spacial score (nSPS) is 19.1. The third-order valence-corrected chi connectivity index (χ3v) is 6.32. The van der Waals surface area contributed by atoms with Crippen molar-refractivity contribution >= 4 is 33.2 Å². The number of hydrogen-bond acceptors (Lipinski definition) is 3. The second-order valence-corrected chi connectivity index (χ2v) is 8.28. The predicted octanol–water partition coefficient (Wildman–Crippen LogP) is 4.74. The third-order valence-electron chi connectivity index (χ3n) is 5.79. The molecule has 0 aromatic heterocycles. The van der Waals surface area contributed by atoms with Crippen LogP contribution < -0.4 is 10.2 Å². The Balaban J connectivity index is 1.62. The number of carbonyl (C=O) groups excluding carboxylic acids is 1. The highest BCUT2D eigenvalue weighted by Gasteiger charge is 2.42. The number of anilines is 2. The van der Waals surface area contributed by atoms with Crippen LogP contribution in [0.3, 0.4) is 0 Å². The van der Waals surface area contributed by atoms with E-state index >= 15 is 0 Å². The summed E-state index contributed by atoms with van der Waals surface area (Å²) in [7, 11) is 0. The molecule has 1 saturated carbocycles. The fraction of sp³-hybridized carbons (Fsp3) is 0.409. The highest BCUT2D eigenvalue weighted by molar-refractivity contribution is 9.10. The molecule has 1 heterocycles. The maximum atomic E-state index is 13.5. The van der Waals surface area contributed by atoms with Crippen molar-refractivity contribution < 1.29 is 9.53 Å². The molecule has 1 N–H and O–H groups in total. The summed E-state index contributed by atoms with van der Waals surface area (Å²) < 4.78 is 6.51. The maximum absolute atomic E-state index is 13.5. The molecule has 1 aliphatic carbocycles. The van der Waals surface area contributed by atoms with Crippen LogP contribution in [0.2, 0.25) is 0 Å². The Kier molecular flexibility index (Phi) is 5.50. The summed E-state index contributed by atoms with van der Waals surface area (Å²) in [6.45, 7) is 3.16. The fourth-order valence-electron chi connectivity index (χ4n) is 4.30. The quantitative estimate of drug-likeness (QED) is 0.764. The molecule has 2 aliphatic rings. The number of carbonyl (C=O) groups is 1. The van der Waals surface area contributed by atoms with Crippen molar-refractivity contribution in [2.75, 3.05) is 36.5 Å². The van der Waals surface area contributed by atoms with E-state index < -0.39 is 5.41 Å². The molecule has 0 atom stereocenters. The first-order chi connectivity index (χ1) is 13.2. The zero-order valence-electron chi connectivity index (χ0n) is 15.4. The van der Waals surface area contributed by atoms with Crippen LogP contribution in [0.15, 0.2) is 53.0 Å². The molecular formula is C22H25BrN2O2. The van der Waals surface area contributed by atoms with Crippen LogP contribution in [0.1, 0.15) is 31.2 Å². The number of morpholine rings is 1. The van der Waals surface area contributed by atoms with Crippen molar-refractivity contribution in [3.05, 3.63) is 58.6 Å². The van der Waals surface area contributed by atoms with Crippen LogP contribution in [-0.2, 0) is 14.9 Å².